The molecule has 5 nitrogen and oxygen atoms in total. The third-order valence-corrected chi connectivity index (χ3v) is 4.80. The van der Waals surface area contributed by atoms with Crippen LogP contribution >= 0.6 is 0 Å². The van der Waals surface area contributed by atoms with Crippen molar-refractivity contribution >= 4 is 11.8 Å². The Labute approximate surface area is 140 Å². The molecule has 2 fully saturated rings. The van der Waals surface area contributed by atoms with Gasteiger partial charge in [0.15, 0.2) is 0 Å². The predicted octanol–water partition coefficient (Wildman–Crippen LogP) is 1.79. The van der Waals surface area contributed by atoms with Gasteiger partial charge in [0.05, 0.1) is 0 Å². The maximum absolute atomic E-state index is 12.3. The standard InChI is InChI=1S/C18H31N3O2/c1-14(18(2,3)4)13-17(23)21-11-9-20(10-12-21)8-7-16(22)19-15-5-6-15/h13,15H,5-12H2,1-4H3,(H,19,22). The topological polar surface area (TPSA) is 52.7 Å². The number of allylic oxidation sites excluding steroid dienone is 1. The molecule has 2 aliphatic rings. The van der Waals surface area contributed by atoms with Gasteiger partial charge in [-0.1, -0.05) is 26.3 Å². The number of nitrogens with zero attached hydrogens (tertiary/aromatic N) is 2. The molecule has 1 N–H and O–H groups in total. The van der Waals surface area contributed by atoms with Crippen LogP contribution in [0.4, 0.5) is 0 Å². The molecule has 2 rings (SSSR count). The Morgan fingerprint density at radius 2 is 1.74 bits per heavy atom. The Hall–Kier alpha value is -1.36. The Morgan fingerprint density at radius 1 is 1.13 bits per heavy atom. The molecule has 23 heavy (non-hydrogen) atoms. The van der Waals surface area contributed by atoms with Gasteiger partial charge in [-0.05, 0) is 25.2 Å². The first-order chi connectivity index (χ1) is 10.8. The summed E-state index contributed by atoms with van der Waals surface area (Å²) in [7, 11) is 0. The molecule has 0 atom stereocenters. The highest BCUT2D eigenvalue weighted by molar-refractivity contribution is 5.88. The van der Waals surface area contributed by atoms with E-state index in [4.69, 9.17) is 0 Å². The molecule has 0 aromatic heterocycles. The summed E-state index contributed by atoms with van der Waals surface area (Å²) in [5.74, 6) is 0.276. The third kappa shape index (κ3) is 5.98. The SMILES string of the molecule is CC(=CC(=O)N1CCN(CCC(=O)NC2CC2)CC1)C(C)(C)C. The highest BCUT2D eigenvalue weighted by Crippen LogP contribution is 2.24. The molecular formula is C18H31N3O2. The van der Waals surface area contributed by atoms with Crippen molar-refractivity contribution in [3.63, 3.8) is 0 Å². The first-order valence-corrected chi connectivity index (χ1v) is 8.75. The Kier molecular flexibility index (Phi) is 5.84. The molecule has 1 saturated heterocycles. The molecule has 0 spiro atoms. The van der Waals surface area contributed by atoms with Crippen molar-refractivity contribution < 1.29 is 9.59 Å². The van der Waals surface area contributed by atoms with E-state index < -0.39 is 0 Å². The Morgan fingerprint density at radius 3 is 2.26 bits per heavy atom. The highest BCUT2D eigenvalue weighted by atomic mass is 16.2. The molecule has 0 aromatic rings. The summed E-state index contributed by atoms with van der Waals surface area (Å²) < 4.78 is 0. The maximum atomic E-state index is 12.3. The van der Waals surface area contributed by atoms with Crippen molar-refractivity contribution in [2.24, 2.45) is 5.41 Å². The quantitative estimate of drug-likeness (QED) is 0.786. The van der Waals surface area contributed by atoms with E-state index >= 15 is 0 Å². The van der Waals surface area contributed by atoms with E-state index in [1.54, 1.807) is 6.08 Å². The predicted molar refractivity (Wildman–Crippen MR) is 92.0 cm³/mol. The van der Waals surface area contributed by atoms with Crippen molar-refractivity contribution in [3.8, 4) is 0 Å². The van der Waals surface area contributed by atoms with Crippen LogP contribution in [0.2, 0.25) is 0 Å². The second-order valence-corrected chi connectivity index (χ2v) is 7.84. The van der Waals surface area contributed by atoms with E-state index in [-0.39, 0.29) is 17.2 Å². The fourth-order valence-electron chi connectivity index (χ4n) is 2.47. The van der Waals surface area contributed by atoms with Crippen LogP contribution in [0.3, 0.4) is 0 Å². The number of nitrogens with one attached hydrogen (secondary N) is 1. The fraction of sp³-hybridized carbons (Fsp3) is 0.778. The van der Waals surface area contributed by atoms with Crippen LogP contribution in [0.15, 0.2) is 11.6 Å². The van der Waals surface area contributed by atoms with Crippen LogP contribution in [-0.2, 0) is 9.59 Å². The van der Waals surface area contributed by atoms with Crippen molar-refractivity contribution in [2.45, 2.75) is 53.0 Å². The summed E-state index contributed by atoms with van der Waals surface area (Å²) in [6, 6.07) is 0.440. The van der Waals surface area contributed by atoms with Crippen LogP contribution in [0.5, 0.6) is 0 Å². The smallest absolute Gasteiger partial charge is 0.246 e. The van der Waals surface area contributed by atoms with Gasteiger partial charge in [-0.3, -0.25) is 14.5 Å². The molecule has 0 bridgehead atoms. The van der Waals surface area contributed by atoms with Crippen molar-refractivity contribution in [2.75, 3.05) is 32.7 Å². The first kappa shape index (κ1) is 18.0. The zero-order valence-corrected chi connectivity index (χ0v) is 15.0. The van der Waals surface area contributed by atoms with Crippen LogP contribution < -0.4 is 5.32 Å². The summed E-state index contributed by atoms with van der Waals surface area (Å²) in [5, 5.41) is 3.02. The normalized spacial score (nSPS) is 20.5. The molecule has 0 unspecified atom stereocenters. The van der Waals surface area contributed by atoms with Gasteiger partial charge in [0.1, 0.15) is 0 Å². The monoisotopic (exact) mass is 321 g/mol. The van der Waals surface area contributed by atoms with Crippen LogP contribution in [-0.4, -0.2) is 60.4 Å². The van der Waals surface area contributed by atoms with Gasteiger partial charge in [-0.25, -0.2) is 0 Å². The number of rotatable bonds is 5. The summed E-state index contributed by atoms with van der Waals surface area (Å²) in [5.41, 5.74) is 1.15. The summed E-state index contributed by atoms with van der Waals surface area (Å²) >= 11 is 0. The highest BCUT2D eigenvalue weighted by Gasteiger charge is 2.24. The number of amides is 2. The third-order valence-electron chi connectivity index (χ3n) is 4.80. The summed E-state index contributed by atoms with van der Waals surface area (Å²) in [6.45, 7) is 12.4. The van der Waals surface area contributed by atoms with E-state index in [1.165, 1.54) is 0 Å². The molecule has 1 aliphatic carbocycles. The molecule has 2 amide bonds. The van der Waals surface area contributed by atoms with Gasteiger partial charge in [-0.15, -0.1) is 0 Å². The molecule has 130 valence electrons. The van der Waals surface area contributed by atoms with E-state index in [9.17, 15) is 9.59 Å². The van der Waals surface area contributed by atoms with Gasteiger partial charge in [0.2, 0.25) is 11.8 Å². The Balaban J connectivity index is 1.70. The van der Waals surface area contributed by atoms with Gasteiger partial charge >= 0.3 is 0 Å². The van der Waals surface area contributed by atoms with E-state index in [0.717, 1.165) is 51.1 Å². The van der Waals surface area contributed by atoms with E-state index in [2.05, 4.69) is 31.0 Å². The largest absolute Gasteiger partial charge is 0.353 e. The Bertz CT molecular complexity index is 467. The number of hydrogen-bond donors (Lipinski definition) is 1. The molecule has 1 heterocycles. The van der Waals surface area contributed by atoms with Crippen molar-refractivity contribution in [1.29, 1.82) is 0 Å². The average molecular weight is 321 g/mol. The number of carbonyl (C=O) groups excluding carboxylic acids is 2. The van der Waals surface area contributed by atoms with Gasteiger partial charge in [-0.2, -0.15) is 0 Å². The molecule has 5 heteroatoms. The van der Waals surface area contributed by atoms with Crippen molar-refractivity contribution in [3.05, 3.63) is 11.6 Å². The van der Waals surface area contributed by atoms with Gasteiger partial charge in [0, 0.05) is 51.3 Å². The lowest BCUT2D eigenvalue weighted by Crippen LogP contribution is -2.49. The van der Waals surface area contributed by atoms with E-state index in [0.29, 0.717) is 12.5 Å². The minimum atomic E-state index is 0.0341. The lowest BCUT2D eigenvalue weighted by molar-refractivity contribution is -0.128. The lowest BCUT2D eigenvalue weighted by atomic mass is 9.87. The number of carbonyl (C=O) groups is 2. The fourth-order valence-corrected chi connectivity index (χ4v) is 2.47. The first-order valence-electron chi connectivity index (χ1n) is 8.75. The molecule has 1 saturated carbocycles. The lowest BCUT2D eigenvalue weighted by Gasteiger charge is -2.34. The minimum absolute atomic E-state index is 0.0341. The second-order valence-electron chi connectivity index (χ2n) is 7.84. The molecular weight excluding hydrogens is 290 g/mol. The second kappa shape index (κ2) is 7.47. The minimum Gasteiger partial charge on any atom is -0.353 e. The molecule has 0 aromatic carbocycles. The molecule has 0 radical (unpaired) electrons. The average Bonchev–Trinajstić information content (AvgIpc) is 3.28. The zero-order chi connectivity index (χ0) is 17.0. The number of piperazine rings is 1. The zero-order valence-electron chi connectivity index (χ0n) is 15.0. The number of hydrogen-bond acceptors (Lipinski definition) is 3. The summed E-state index contributed by atoms with van der Waals surface area (Å²) in [4.78, 5) is 28.2. The van der Waals surface area contributed by atoms with Gasteiger partial charge in [0.25, 0.3) is 0 Å². The van der Waals surface area contributed by atoms with Crippen LogP contribution in [0.1, 0.15) is 47.0 Å². The molecule has 1 aliphatic heterocycles. The van der Waals surface area contributed by atoms with Crippen molar-refractivity contribution in [1.82, 2.24) is 15.1 Å². The van der Waals surface area contributed by atoms with Crippen LogP contribution in [0.25, 0.3) is 0 Å². The van der Waals surface area contributed by atoms with E-state index in [1.807, 2.05) is 11.8 Å². The summed E-state index contributed by atoms with van der Waals surface area (Å²) in [6.07, 6.45) is 4.61. The maximum Gasteiger partial charge on any atom is 0.246 e. The van der Waals surface area contributed by atoms with Crippen LogP contribution in [0, 0.1) is 5.41 Å². The van der Waals surface area contributed by atoms with Gasteiger partial charge < -0.3 is 10.2 Å².